The SMILES string of the molecule is [B]c1ccc(C(=O)N2CCN(c3ncc(C)cc3C)CC2)cn1. The average molecular weight is 306 g/mol. The van der Waals surface area contributed by atoms with E-state index >= 15 is 0 Å². The van der Waals surface area contributed by atoms with Crippen LogP contribution in [-0.2, 0) is 0 Å². The third kappa shape index (κ3) is 3.36. The summed E-state index contributed by atoms with van der Waals surface area (Å²) in [6.45, 7) is 7.04. The van der Waals surface area contributed by atoms with E-state index < -0.39 is 0 Å². The van der Waals surface area contributed by atoms with E-state index in [1.807, 2.05) is 18.0 Å². The highest BCUT2D eigenvalue weighted by molar-refractivity contribution is 6.30. The number of hydrogen-bond donors (Lipinski definition) is 0. The van der Waals surface area contributed by atoms with Crippen LogP contribution >= 0.6 is 0 Å². The van der Waals surface area contributed by atoms with E-state index in [1.54, 1.807) is 12.1 Å². The number of carbonyl (C=O) groups is 1. The van der Waals surface area contributed by atoms with Crippen molar-refractivity contribution in [3.05, 3.63) is 47.3 Å². The first-order valence-corrected chi connectivity index (χ1v) is 7.73. The van der Waals surface area contributed by atoms with Crippen LogP contribution in [-0.4, -0.2) is 54.8 Å². The number of nitrogens with zero attached hydrogens (tertiary/aromatic N) is 4. The zero-order chi connectivity index (χ0) is 16.4. The van der Waals surface area contributed by atoms with Gasteiger partial charge in [0.05, 0.1) is 5.56 Å². The van der Waals surface area contributed by atoms with Gasteiger partial charge < -0.3 is 9.80 Å². The van der Waals surface area contributed by atoms with Crippen molar-refractivity contribution in [2.75, 3.05) is 31.1 Å². The van der Waals surface area contributed by atoms with Crippen molar-refractivity contribution in [1.29, 1.82) is 0 Å². The number of carbonyl (C=O) groups excluding carboxylic acids is 1. The van der Waals surface area contributed by atoms with Crippen LogP contribution in [0.3, 0.4) is 0 Å². The van der Waals surface area contributed by atoms with Crippen LogP contribution in [0.4, 0.5) is 5.82 Å². The molecule has 3 heterocycles. The summed E-state index contributed by atoms with van der Waals surface area (Å²) in [6.07, 6.45) is 3.43. The Labute approximate surface area is 137 Å². The van der Waals surface area contributed by atoms with E-state index in [9.17, 15) is 4.79 Å². The molecule has 0 aromatic carbocycles. The minimum Gasteiger partial charge on any atom is -0.353 e. The number of anilines is 1. The summed E-state index contributed by atoms with van der Waals surface area (Å²) in [7, 11) is 5.56. The Kier molecular flexibility index (Phi) is 4.32. The molecular formula is C17H19BN4O. The van der Waals surface area contributed by atoms with E-state index in [0.29, 0.717) is 24.2 Å². The molecule has 1 fully saturated rings. The molecule has 2 radical (unpaired) electrons. The molecule has 5 nitrogen and oxygen atoms in total. The average Bonchev–Trinajstić information content (AvgIpc) is 2.55. The van der Waals surface area contributed by atoms with Crippen molar-refractivity contribution in [2.24, 2.45) is 0 Å². The minimum absolute atomic E-state index is 0.00531. The summed E-state index contributed by atoms with van der Waals surface area (Å²) >= 11 is 0. The quantitative estimate of drug-likeness (QED) is 0.772. The van der Waals surface area contributed by atoms with Crippen molar-refractivity contribution in [2.45, 2.75) is 13.8 Å². The smallest absolute Gasteiger partial charge is 0.255 e. The predicted molar refractivity (Wildman–Crippen MR) is 91.5 cm³/mol. The highest BCUT2D eigenvalue weighted by Crippen LogP contribution is 2.19. The van der Waals surface area contributed by atoms with Gasteiger partial charge >= 0.3 is 0 Å². The number of pyridine rings is 2. The van der Waals surface area contributed by atoms with Gasteiger partial charge in [-0.3, -0.25) is 9.78 Å². The largest absolute Gasteiger partial charge is 0.353 e. The number of rotatable bonds is 2. The van der Waals surface area contributed by atoms with Gasteiger partial charge in [0.25, 0.3) is 5.91 Å². The molecule has 0 saturated carbocycles. The molecule has 1 aliphatic heterocycles. The maximum Gasteiger partial charge on any atom is 0.255 e. The van der Waals surface area contributed by atoms with Gasteiger partial charge in [0.2, 0.25) is 0 Å². The first-order valence-electron chi connectivity index (χ1n) is 7.73. The fourth-order valence-corrected chi connectivity index (χ4v) is 2.87. The van der Waals surface area contributed by atoms with Crippen LogP contribution in [0, 0.1) is 13.8 Å². The summed E-state index contributed by atoms with van der Waals surface area (Å²) < 4.78 is 0. The molecular weight excluding hydrogens is 287 g/mol. The molecule has 0 aliphatic carbocycles. The molecule has 23 heavy (non-hydrogen) atoms. The predicted octanol–water partition coefficient (Wildman–Crippen LogP) is 0.850. The second-order valence-corrected chi connectivity index (χ2v) is 5.90. The summed E-state index contributed by atoms with van der Waals surface area (Å²) in [5.41, 5.74) is 3.34. The molecule has 0 bridgehead atoms. The maximum absolute atomic E-state index is 12.5. The van der Waals surface area contributed by atoms with E-state index in [4.69, 9.17) is 7.85 Å². The molecule has 0 atom stereocenters. The van der Waals surface area contributed by atoms with Gasteiger partial charge in [-0.05, 0) is 36.6 Å². The summed E-state index contributed by atoms with van der Waals surface area (Å²) in [4.78, 5) is 25.1. The van der Waals surface area contributed by atoms with Gasteiger partial charge in [0.1, 0.15) is 13.7 Å². The number of hydrogen-bond acceptors (Lipinski definition) is 4. The first-order chi connectivity index (χ1) is 11.0. The number of amides is 1. The molecule has 0 N–H and O–H groups in total. The highest BCUT2D eigenvalue weighted by atomic mass is 16.2. The van der Waals surface area contributed by atoms with Crippen molar-refractivity contribution in [1.82, 2.24) is 14.9 Å². The molecule has 116 valence electrons. The van der Waals surface area contributed by atoms with Crippen molar-refractivity contribution < 1.29 is 4.79 Å². The van der Waals surface area contributed by atoms with Crippen LogP contribution in [0.5, 0.6) is 0 Å². The van der Waals surface area contributed by atoms with Crippen LogP contribution < -0.4 is 10.5 Å². The van der Waals surface area contributed by atoms with E-state index in [2.05, 4.69) is 27.9 Å². The van der Waals surface area contributed by atoms with Crippen LogP contribution in [0.2, 0.25) is 0 Å². The monoisotopic (exact) mass is 306 g/mol. The van der Waals surface area contributed by atoms with Crippen molar-refractivity contribution >= 4 is 25.2 Å². The normalized spacial score (nSPS) is 14.9. The second kappa shape index (κ2) is 6.40. The topological polar surface area (TPSA) is 49.3 Å². The molecule has 3 rings (SSSR count). The van der Waals surface area contributed by atoms with Crippen LogP contribution in [0.1, 0.15) is 21.5 Å². The fourth-order valence-electron chi connectivity index (χ4n) is 2.87. The Morgan fingerprint density at radius 3 is 2.43 bits per heavy atom. The van der Waals surface area contributed by atoms with Gasteiger partial charge in [0.15, 0.2) is 0 Å². The lowest BCUT2D eigenvalue weighted by molar-refractivity contribution is 0.0746. The third-order valence-corrected chi connectivity index (χ3v) is 4.09. The Morgan fingerprint density at radius 1 is 1.09 bits per heavy atom. The van der Waals surface area contributed by atoms with Crippen LogP contribution in [0.15, 0.2) is 30.6 Å². The Morgan fingerprint density at radius 2 is 1.83 bits per heavy atom. The zero-order valence-electron chi connectivity index (χ0n) is 13.5. The van der Waals surface area contributed by atoms with Gasteiger partial charge in [-0.15, -0.1) is 0 Å². The molecule has 2 aromatic heterocycles. The zero-order valence-corrected chi connectivity index (χ0v) is 13.5. The van der Waals surface area contributed by atoms with E-state index in [1.165, 1.54) is 11.8 Å². The lowest BCUT2D eigenvalue weighted by atomic mass is 10.0. The Hall–Kier alpha value is -2.37. The minimum atomic E-state index is 0.00531. The highest BCUT2D eigenvalue weighted by Gasteiger charge is 2.23. The lowest BCUT2D eigenvalue weighted by Gasteiger charge is -2.36. The number of piperazine rings is 1. The lowest BCUT2D eigenvalue weighted by Crippen LogP contribution is -2.49. The van der Waals surface area contributed by atoms with E-state index in [-0.39, 0.29) is 5.91 Å². The molecule has 0 spiro atoms. The van der Waals surface area contributed by atoms with Gasteiger partial charge in [-0.25, -0.2) is 4.98 Å². The third-order valence-electron chi connectivity index (χ3n) is 4.09. The standard InChI is InChI=1S/C17H19BN4O/c1-12-9-13(2)16(20-10-12)21-5-7-22(8-6-21)17(23)14-3-4-15(18)19-11-14/h3-4,9-11H,5-8H2,1-2H3. The van der Waals surface area contributed by atoms with E-state index in [0.717, 1.165) is 24.5 Å². The second-order valence-electron chi connectivity index (χ2n) is 5.90. The van der Waals surface area contributed by atoms with Crippen molar-refractivity contribution in [3.63, 3.8) is 0 Å². The molecule has 1 amide bonds. The maximum atomic E-state index is 12.5. The summed E-state index contributed by atoms with van der Waals surface area (Å²) in [6, 6.07) is 5.52. The molecule has 1 saturated heterocycles. The number of aromatic nitrogens is 2. The summed E-state index contributed by atoms with van der Waals surface area (Å²) in [5, 5.41) is 0. The molecule has 2 aromatic rings. The van der Waals surface area contributed by atoms with Gasteiger partial charge in [-0.1, -0.05) is 12.1 Å². The Balaban J connectivity index is 1.66. The molecule has 0 unspecified atom stereocenters. The van der Waals surface area contributed by atoms with Gasteiger partial charge in [0, 0.05) is 38.6 Å². The first kappa shape index (κ1) is 15.5. The molecule has 6 heteroatoms. The van der Waals surface area contributed by atoms with Gasteiger partial charge in [-0.2, -0.15) is 0 Å². The number of aryl methyl sites for hydroxylation is 2. The Bertz CT molecular complexity index is 709. The van der Waals surface area contributed by atoms with Crippen molar-refractivity contribution in [3.8, 4) is 0 Å². The fraction of sp³-hybridized carbons (Fsp3) is 0.353. The summed E-state index contributed by atoms with van der Waals surface area (Å²) in [5.74, 6) is 1.02. The van der Waals surface area contributed by atoms with Crippen LogP contribution in [0.25, 0.3) is 0 Å². The molecule has 1 aliphatic rings.